The lowest BCUT2D eigenvalue weighted by Crippen LogP contribution is -2.42. The minimum absolute atomic E-state index is 0.611. The first-order valence-electron chi connectivity index (χ1n) is 9.25. The quantitative estimate of drug-likeness (QED) is 0.443. The van der Waals surface area contributed by atoms with Gasteiger partial charge in [-0.25, -0.2) is 0 Å². The van der Waals surface area contributed by atoms with Crippen molar-refractivity contribution in [3.05, 3.63) is 0 Å². The van der Waals surface area contributed by atoms with Crippen molar-refractivity contribution in [1.29, 1.82) is 0 Å². The molecule has 1 aliphatic carbocycles. The van der Waals surface area contributed by atoms with Gasteiger partial charge in [0.2, 0.25) is 0 Å². The van der Waals surface area contributed by atoms with Gasteiger partial charge in [0.15, 0.2) is 5.96 Å². The van der Waals surface area contributed by atoms with Gasteiger partial charge in [-0.3, -0.25) is 4.99 Å². The van der Waals surface area contributed by atoms with Gasteiger partial charge >= 0.3 is 0 Å². The molecule has 0 radical (unpaired) electrons. The Morgan fingerprint density at radius 3 is 2.83 bits per heavy atom. The normalized spacial score (nSPS) is 29.1. The Morgan fingerprint density at radius 1 is 1.22 bits per heavy atom. The van der Waals surface area contributed by atoms with E-state index in [0.717, 1.165) is 44.0 Å². The van der Waals surface area contributed by atoms with Crippen LogP contribution in [0, 0.1) is 17.8 Å². The van der Waals surface area contributed by atoms with Crippen LogP contribution in [-0.4, -0.2) is 64.5 Å². The van der Waals surface area contributed by atoms with E-state index in [0.29, 0.717) is 19.1 Å². The molecule has 2 rings (SSSR count). The zero-order chi connectivity index (χ0) is 16.5. The van der Waals surface area contributed by atoms with Crippen LogP contribution in [0.25, 0.3) is 0 Å². The largest absolute Gasteiger partial charge is 0.382 e. The van der Waals surface area contributed by atoms with Crippen LogP contribution in [-0.2, 0) is 9.47 Å². The molecule has 1 aliphatic heterocycles. The van der Waals surface area contributed by atoms with Crippen LogP contribution in [0.3, 0.4) is 0 Å². The highest BCUT2D eigenvalue weighted by molar-refractivity contribution is 5.80. The van der Waals surface area contributed by atoms with E-state index in [2.05, 4.69) is 22.1 Å². The summed E-state index contributed by atoms with van der Waals surface area (Å²) in [7, 11) is 3.61. The average molecular weight is 325 g/mol. The fourth-order valence-electron chi connectivity index (χ4n) is 3.87. The number of likely N-dealkylation sites (tertiary alicyclic amines) is 1. The van der Waals surface area contributed by atoms with Gasteiger partial charge in [0.1, 0.15) is 0 Å². The van der Waals surface area contributed by atoms with Crippen molar-refractivity contribution in [3.63, 3.8) is 0 Å². The first-order valence-corrected chi connectivity index (χ1v) is 9.25. The molecule has 0 bridgehead atoms. The Morgan fingerprint density at radius 2 is 2.09 bits per heavy atom. The molecule has 1 heterocycles. The topological polar surface area (TPSA) is 46.1 Å². The van der Waals surface area contributed by atoms with E-state index >= 15 is 0 Å². The van der Waals surface area contributed by atoms with E-state index in [1.54, 1.807) is 7.11 Å². The monoisotopic (exact) mass is 325 g/mol. The summed E-state index contributed by atoms with van der Waals surface area (Å²) in [5.74, 6) is 3.38. The van der Waals surface area contributed by atoms with Crippen LogP contribution in [0.2, 0.25) is 0 Å². The van der Waals surface area contributed by atoms with Gasteiger partial charge in [-0.05, 0) is 31.1 Å². The van der Waals surface area contributed by atoms with Gasteiger partial charge in [0.25, 0.3) is 0 Å². The molecule has 1 N–H and O–H groups in total. The molecule has 0 aromatic carbocycles. The fraction of sp³-hybridized carbons (Fsp3) is 0.944. The van der Waals surface area contributed by atoms with Gasteiger partial charge < -0.3 is 19.7 Å². The molecule has 0 amide bonds. The first-order chi connectivity index (χ1) is 11.2. The maximum absolute atomic E-state index is 5.67. The molecule has 1 saturated carbocycles. The molecule has 1 saturated heterocycles. The van der Waals surface area contributed by atoms with E-state index in [9.17, 15) is 0 Å². The smallest absolute Gasteiger partial charge is 0.193 e. The molecule has 2 aliphatic rings. The minimum atomic E-state index is 0.611. The number of nitrogens with zero attached hydrogens (tertiary/aromatic N) is 2. The van der Waals surface area contributed by atoms with E-state index in [-0.39, 0.29) is 0 Å². The molecule has 0 aromatic rings. The van der Waals surface area contributed by atoms with Crippen molar-refractivity contribution < 1.29 is 9.47 Å². The van der Waals surface area contributed by atoms with Gasteiger partial charge in [0, 0.05) is 39.7 Å². The number of rotatable bonds is 7. The van der Waals surface area contributed by atoms with Crippen LogP contribution in [0.4, 0.5) is 0 Å². The molecule has 5 heteroatoms. The van der Waals surface area contributed by atoms with E-state index in [4.69, 9.17) is 9.47 Å². The maximum Gasteiger partial charge on any atom is 0.193 e. The predicted molar refractivity (Wildman–Crippen MR) is 94.9 cm³/mol. The van der Waals surface area contributed by atoms with Crippen LogP contribution >= 0.6 is 0 Å². The summed E-state index contributed by atoms with van der Waals surface area (Å²) in [6.45, 7) is 7.79. The highest BCUT2D eigenvalue weighted by Crippen LogP contribution is 2.28. The Kier molecular flexibility index (Phi) is 8.17. The Labute approximate surface area is 141 Å². The zero-order valence-corrected chi connectivity index (χ0v) is 15.2. The summed E-state index contributed by atoms with van der Waals surface area (Å²) in [5.41, 5.74) is 0. The third-order valence-corrected chi connectivity index (χ3v) is 5.18. The highest BCUT2D eigenvalue weighted by atomic mass is 16.5. The second-order valence-corrected chi connectivity index (χ2v) is 7.23. The molecule has 3 atom stereocenters. The number of ether oxygens (including phenoxy) is 2. The maximum atomic E-state index is 5.67. The van der Waals surface area contributed by atoms with Gasteiger partial charge in [-0.1, -0.05) is 19.8 Å². The van der Waals surface area contributed by atoms with E-state index in [1.165, 1.54) is 32.1 Å². The first kappa shape index (κ1) is 18.5. The molecule has 0 aromatic heterocycles. The van der Waals surface area contributed by atoms with Crippen molar-refractivity contribution in [2.75, 3.05) is 53.6 Å². The highest BCUT2D eigenvalue weighted by Gasteiger charge is 2.26. The summed E-state index contributed by atoms with van der Waals surface area (Å²) in [6, 6.07) is 0. The number of hydrogen-bond acceptors (Lipinski definition) is 3. The Hall–Kier alpha value is -0.810. The van der Waals surface area contributed by atoms with Crippen molar-refractivity contribution >= 4 is 5.96 Å². The van der Waals surface area contributed by atoms with Crippen LogP contribution in [0.15, 0.2) is 4.99 Å². The van der Waals surface area contributed by atoms with Crippen molar-refractivity contribution in [3.8, 4) is 0 Å². The summed E-state index contributed by atoms with van der Waals surface area (Å²) in [4.78, 5) is 6.87. The third-order valence-electron chi connectivity index (χ3n) is 5.18. The van der Waals surface area contributed by atoms with Crippen molar-refractivity contribution in [2.24, 2.45) is 22.7 Å². The summed E-state index contributed by atoms with van der Waals surface area (Å²) in [6.07, 6.45) is 6.71. The van der Waals surface area contributed by atoms with Gasteiger partial charge in [0.05, 0.1) is 19.8 Å². The van der Waals surface area contributed by atoms with Crippen LogP contribution in [0.1, 0.15) is 39.0 Å². The molecule has 134 valence electrons. The molecule has 23 heavy (non-hydrogen) atoms. The second-order valence-electron chi connectivity index (χ2n) is 7.23. The molecular formula is C18H35N3O2. The SMILES string of the molecule is CN=C(NCC1CCCC(C)C1)N1CCC(COCCOC)C1. The van der Waals surface area contributed by atoms with E-state index in [1.807, 2.05) is 7.05 Å². The van der Waals surface area contributed by atoms with Gasteiger partial charge in [-0.15, -0.1) is 0 Å². The second kappa shape index (κ2) is 10.1. The summed E-state index contributed by atoms with van der Waals surface area (Å²) < 4.78 is 10.7. The average Bonchev–Trinajstić information content (AvgIpc) is 3.01. The molecule has 5 nitrogen and oxygen atoms in total. The fourth-order valence-corrected chi connectivity index (χ4v) is 3.87. The lowest BCUT2D eigenvalue weighted by Gasteiger charge is -2.29. The van der Waals surface area contributed by atoms with Crippen LogP contribution < -0.4 is 5.32 Å². The molecular weight excluding hydrogens is 290 g/mol. The predicted octanol–water partition coefficient (Wildman–Crippen LogP) is 2.37. The van der Waals surface area contributed by atoms with Crippen molar-refractivity contribution in [1.82, 2.24) is 10.2 Å². The minimum Gasteiger partial charge on any atom is -0.382 e. The standard InChI is InChI=1S/C18H35N3O2/c1-15-5-4-6-16(11-15)12-20-18(19-2)21-8-7-17(13-21)14-23-10-9-22-3/h15-17H,4-14H2,1-3H3,(H,19,20). The number of aliphatic imine (C=N–C) groups is 1. The Balaban J connectivity index is 1.67. The molecule has 0 spiro atoms. The lowest BCUT2D eigenvalue weighted by molar-refractivity contribution is 0.0536. The number of hydrogen-bond donors (Lipinski definition) is 1. The Bertz CT molecular complexity index is 362. The zero-order valence-electron chi connectivity index (χ0n) is 15.2. The lowest BCUT2D eigenvalue weighted by atomic mass is 9.82. The number of guanidine groups is 1. The van der Waals surface area contributed by atoms with Crippen molar-refractivity contribution in [2.45, 2.75) is 39.0 Å². The van der Waals surface area contributed by atoms with Crippen LogP contribution in [0.5, 0.6) is 0 Å². The molecule has 2 fully saturated rings. The van der Waals surface area contributed by atoms with E-state index < -0.39 is 0 Å². The molecule has 3 unspecified atom stereocenters. The number of methoxy groups -OCH3 is 1. The summed E-state index contributed by atoms with van der Waals surface area (Å²) in [5, 5.41) is 3.61. The summed E-state index contributed by atoms with van der Waals surface area (Å²) >= 11 is 0. The van der Waals surface area contributed by atoms with Gasteiger partial charge in [-0.2, -0.15) is 0 Å². The number of nitrogens with one attached hydrogen (secondary N) is 1. The third kappa shape index (κ3) is 6.30.